The monoisotopic (exact) mass is 543 g/mol. The van der Waals surface area contributed by atoms with Gasteiger partial charge in [-0.25, -0.2) is 14.1 Å². The second-order valence-electron chi connectivity index (χ2n) is 9.28. The number of imidazole rings is 1. The van der Waals surface area contributed by atoms with Gasteiger partial charge in [-0.15, -0.1) is 5.10 Å². The molecule has 7 rings (SSSR count). The van der Waals surface area contributed by atoms with Gasteiger partial charge in [-0.1, -0.05) is 52.8 Å². The zero-order chi connectivity index (χ0) is 27.4. The first-order valence-corrected chi connectivity index (χ1v) is 12.2. The lowest BCUT2D eigenvalue weighted by atomic mass is 10.1. The highest BCUT2D eigenvalue weighted by atomic mass is 19.4. The van der Waals surface area contributed by atoms with Crippen LogP contribution in [0.2, 0.25) is 0 Å². The number of halogens is 4. The van der Waals surface area contributed by atoms with E-state index in [0.717, 1.165) is 17.7 Å². The smallest absolute Gasteiger partial charge is 0.332 e. The average molecular weight is 543 g/mol. The average Bonchev–Trinajstić information content (AvgIpc) is 3.66. The molecule has 0 amide bonds. The molecule has 12 heteroatoms. The third-order valence-corrected chi connectivity index (χ3v) is 6.76. The first-order valence-electron chi connectivity index (χ1n) is 12.2. The van der Waals surface area contributed by atoms with E-state index < -0.39 is 17.6 Å². The van der Waals surface area contributed by atoms with Crippen LogP contribution in [0.1, 0.15) is 28.2 Å². The van der Waals surface area contributed by atoms with E-state index in [1.807, 2.05) is 30.3 Å². The van der Waals surface area contributed by atoms with Crippen molar-refractivity contribution in [1.29, 1.82) is 0 Å². The number of fused-ring (bicyclic) bond motifs is 5. The topological polar surface area (TPSA) is 87.4 Å². The molecule has 6 aromatic rings. The lowest BCUT2D eigenvalue weighted by Crippen LogP contribution is -2.09. The van der Waals surface area contributed by atoms with Crippen LogP contribution in [0.15, 0.2) is 83.6 Å². The molecule has 0 saturated heterocycles. The summed E-state index contributed by atoms with van der Waals surface area (Å²) in [6.07, 6.45) is -2.64. The van der Waals surface area contributed by atoms with E-state index in [1.54, 1.807) is 16.7 Å². The van der Waals surface area contributed by atoms with Crippen LogP contribution in [0.4, 0.5) is 17.6 Å². The number of hydrogen-bond acceptors (Lipinski definition) is 6. The van der Waals surface area contributed by atoms with Gasteiger partial charge in [0.1, 0.15) is 12.1 Å². The van der Waals surface area contributed by atoms with Gasteiger partial charge in [0, 0.05) is 18.4 Å². The standard InChI is InChI=1S/C28H17F4N7O/c29-19-8-4-5-16(11-19)12-20-22-14-24-25(27-34-26(36-40-27)17-6-2-1-3-7-17)33-15-38(24)21-10-9-18(28(30,31)32)13-23(21)39(22)37-35-20/h1-11,13,15H,12,14H2. The Morgan fingerprint density at radius 1 is 0.900 bits per heavy atom. The molecule has 1 aliphatic heterocycles. The fourth-order valence-electron chi connectivity index (χ4n) is 4.87. The zero-order valence-corrected chi connectivity index (χ0v) is 20.5. The van der Waals surface area contributed by atoms with E-state index >= 15 is 0 Å². The summed E-state index contributed by atoms with van der Waals surface area (Å²) in [5.41, 5.74) is 3.19. The molecule has 0 radical (unpaired) electrons. The predicted molar refractivity (Wildman–Crippen MR) is 134 cm³/mol. The minimum Gasteiger partial charge on any atom is -0.332 e. The van der Waals surface area contributed by atoms with Gasteiger partial charge in [0.15, 0.2) is 5.69 Å². The van der Waals surface area contributed by atoms with Gasteiger partial charge in [-0.05, 0) is 35.9 Å². The van der Waals surface area contributed by atoms with Crippen LogP contribution in [0.3, 0.4) is 0 Å². The molecule has 198 valence electrons. The summed E-state index contributed by atoms with van der Waals surface area (Å²) < 4.78 is 63.7. The highest BCUT2D eigenvalue weighted by Crippen LogP contribution is 2.37. The Balaban J connectivity index is 1.39. The van der Waals surface area contributed by atoms with Crippen molar-refractivity contribution in [3.8, 4) is 34.3 Å². The van der Waals surface area contributed by atoms with E-state index in [4.69, 9.17) is 4.52 Å². The third kappa shape index (κ3) is 4.04. The molecule has 0 bridgehead atoms. The van der Waals surface area contributed by atoms with Crippen LogP contribution >= 0.6 is 0 Å². The third-order valence-electron chi connectivity index (χ3n) is 6.76. The minimum atomic E-state index is -4.56. The van der Waals surface area contributed by atoms with Crippen molar-refractivity contribution in [3.05, 3.63) is 113 Å². The van der Waals surface area contributed by atoms with Gasteiger partial charge in [0.2, 0.25) is 5.82 Å². The minimum absolute atomic E-state index is 0.161. The van der Waals surface area contributed by atoms with E-state index in [2.05, 4.69) is 25.4 Å². The maximum Gasteiger partial charge on any atom is 0.416 e. The molecule has 40 heavy (non-hydrogen) atoms. The van der Waals surface area contributed by atoms with E-state index in [9.17, 15) is 17.6 Å². The largest absolute Gasteiger partial charge is 0.416 e. The molecule has 3 aromatic heterocycles. The Labute approximate surface area is 223 Å². The number of aromatic nitrogens is 7. The molecule has 1 aliphatic rings. The summed E-state index contributed by atoms with van der Waals surface area (Å²) in [6.45, 7) is 0. The fourth-order valence-corrected chi connectivity index (χ4v) is 4.87. The second kappa shape index (κ2) is 8.97. The van der Waals surface area contributed by atoms with Crippen molar-refractivity contribution >= 4 is 0 Å². The highest BCUT2D eigenvalue weighted by Gasteiger charge is 2.34. The van der Waals surface area contributed by atoms with Crippen molar-refractivity contribution in [2.75, 3.05) is 0 Å². The maximum absolute atomic E-state index is 13.9. The summed E-state index contributed by atoms with van der Waals surface area (Å²) in [7, 11) is 0. The van der Waals surface area contributed by atoms with Crippen molar-refractivity contribution < 1.29 is 22.1 Å². The molecule has 3 aromatic carbocycles. The first-order chi connectivity index (χ1) is 19.3. The number of alkyl halides is 3. The lowest BCUT2D eigenvalue weighted by Gasteiger charge is -2.13. The summed E-state index contributed by atoms with van der Waals surface area (Å²) in [5, 5.41) is 12.6. The van der Waals surface area contributed by atoms with Gasteiger partial charge in [0.25, 0.3) is 5.89 Å². The van der Waals surface area contributed by atoms with E-state index in [0.29, 0.717) is 39.9 Å². The lowest BCUT2D eigenvalue weighted by molar-refractivity contribution is -0.137. The molecule has 0 spiro atoms. The molecular weight excluding hydrogens is 526 g/mol. The van der Waals surface area contributed by atoms with Crippen LogP contribution in [0, 0.1) is 5.82 Å². The Morgan fingerprint density at radius 2 is 1.75 bits per heavy atom. The SMILES string of the molecule is Fc1cccc(Cc2nnn3c2Cc2c(-c4nc(-c5ccccc5)no4)ncn2-c2ccc(C(F)(F)F)cc2-3)c1. The number of rotatable bonds is 4. The number of benzene rings is 3. The Kier molecular flexibility index (Phi) is 5.37. The van der Waals surface area contributed by atoms with Crippen LogP contribution in [0.25, 0.3) is 34.3 Å². The molecule has 8 nitrogen and oxygen atoms in total. The molecule has 0 saturated carbocycles. The van der Waals surface area contributed by atoms with Crippen LogP contribution in [-0.4, -0.2) is 34.7 Å². The van der Waals surface area contributed by atoms with Crippen LogP contribution < -0.4 is 0 Å². The summed E-state index contributed by atoms with van der Waals surface area (Å²) in [5.74, 6) is 0.135. The van der Waals surface area contributed by atoms with Gasteiger partial charge in [-0.3, -0.25) is 4.57 Å². The van der Waals surface area contributed by atoms with Crippen molar-refractivity contribution in [2.24, 2.45) is 0 Å². The molecule has 0 N–H and O–H groups in total. The highest BCUT2D eigenvalue weighted by molar-refractivity contribution is 5.64. The number of nitrogens with zero attached hydrogens (tertiary/aromatic N) is 7. The van der Waals surface area contributed by atoms with Gasteiger partial charge >= 0.3 is 6.18 Å². The van der Waals surface area contributed by atoms with Gasteiger partial charge in [-0.2, -0.15) is 18.2 Å². The van der Waals surface area contributed by atoms with E-state index in [1.165, 1.54) is 29.2 Å². The molecule has 0 fully saturated rings. The molecule has 0 aliphatic carbocycles. The summed E-state index contributed by atoms with van der Waals surface area (Å²) >= 11 is 0. The zero-order valence-electron chi connectivity index (χ0n) is 20.5. The van der Waals surface area contributed by atoms with Crippen molar-refractivity contribution in [1.82, 2.24) is 34.7 Å². The van der Waals surface area contributed by atoms with E-state index in [-0.39, 0.29) is 24.4 Å². The quantitative estimate of drug-likeness (QED) is 0.260. The fraction of sp³-hybridized carbons (Fsp3) is 0.107. The number of hydrogen-bond donors (Lipinski definition) is 0. The Hall–Kier alpha value is -5.13. The summed E-state index contributed by atoms with van der Waals surface area (Å²) in [4.78, 5) is 9.04. The van der Waals surface area contributed by atoms with Crippen molar-refractivity contribution in [2.45, 2.75) is 19.0 Å². The van der Waals surface area contributed by atoms with Crippen LogP contribution in [-0.2, 0) is 19.0 Å². The molecule has 0 atom stereocenters. The Bertz CT molecular complexity index is 1870. The molecular formula is C28H17F4N7O. The predicted octanol–water partition coefficient (Wildman–Crippen LogP) is 5.82. The first kappa shape index (κ1) is 23.9. The maximum atomic E-state index is 13.9. The van der Waals surface area contributed by atoms with Crippen molar-refractivity contribution in [3.63, 3.8) is 0 Å². The van der Waals surface area contributed by atoms with Gasteiger partial charge < -0.3 is 4.52 Å². The molecule has 0 unspecified atom stereocenters. The molecule has 4 heterocycles. The Morgan fingerprint density at radius 3 is 2.55 bits per heavy atom. The summed E-state index contributed by atoms with van der Waals surface area (Å²) in [6, 6.07) is 18.8. The second-order valence-corrected chi connectivity index (χ2v) is 9.28. The van der Waals surface area contributed by atoms with Gasteiger partial charge in [0.05, 0.1) is 34.0 Å². The van der Waals surface area contributed by atoms with Crippen LogP contribution in [0.5, 0.6) is 0 Å². The normalized spacial score (nSPS) is 12.5.